The summed E-state index contributed by atoms with van der Waals surface area (Å²) in [6, 6.07) is 2.50. The Kier molecular flexibility index (Phi) is 5.23. The van der Waals surface area contributed by atoms with Crippen LogP contribution in [0.5, 0.6) is 0 Å². The number of nitrogens with zero attached hydrogens (tertiary/aromatic N) is 3. The molecule has 1 heterocycles. The molecule has 0 unspecified atom stereocenters. The van der Waals surface area contributed by atoms with Gasteiger partial charge in [-0.2, -0.15) is 5.26 Å². The highest BCUT2D eigenvalue weighted by molar-refractivity contribution is 5.78. The van der Waals surface area contributed by atoms with Crippen LogP contribution in [-0.2, 0) is 4.79 Å². The zero-order valence-corrected chi connectivity index (χ0v) is 10.1. The molecule has 16 heavy (non-hydrogen) atoms. The molecular formula is C11H20N4O. The van der Waals surface area contributed by atoms with E-state index in [9.17, 15) is 4.79 Å². The lowest BCUT2D eigenvalue weighted by Crippen LogP contribution is -2.52. The molecule has 0 bridgehead atoms. The van der Waals surface area contributed by atoms with Crippen LogP contribution >= 0.6 is 0 Å². The molecule has 1 rings (SSSR count). The number of carbonyl (C=O) groups excluding carboxylic acids is 1. The molecule has 5 nitrogen and oxygen atoms in total. The average molecular weight is 224 g/mol. The molecule has 0 aromatic carbocycles. The van der Waals surface area contributed by atoms with E-state index in [4.69, 9.17) is 5.26 Å². The summed E-state index contributed by atoms with van der Waals surface area (Å²) < 4.78 is 0. The van der Waals surface area contributed by atoms with Gasteiger partial charge in [0.25, 0.3) is 0 Å². The van der Waals surface area contributed by atoms with Crippen molar-refractivity contribution in [2.45, 2.75) is 19.4 Å². The van der Waals surface area contributed by atoms with Crippen molar-refractivity contribution in [3.8, 4) is 6.07 Å². The fraction of sp³-hybridized carbons (Fsp3) is 0.818. The number of piperazine rings is 1. The summed E-state index contributed by atoms with van der Waals surface area (Å²) >= 11 is 0. The van der Waals surface area contributed by atoms with Crippen LogP contribution in [0.3, 0.4) is 0 Å². The van der Waals surface area contributed by atoms with E-state index in [1.165, 1.54) is 0 Å². The summed E-state index contributed by atoms with van der Waals surface area (Å²) in [4.78, 5) is 15.6. The average Bonchev–Trinajstić information content (AvgIpc) is 2.25. The minimum absolute atomic E-state index is 0.101. The van der Waals surface area contributed by atoms with Crippen LogP contribution in [0.2, 0.25) is 0 Å². The van der Waals surface area contributed by atoms with Crippen molar-refractivity contribution in [3.05, 3.63) is 0 Å². The first kappa shape index (κ1) is 12.9. The van der Waals surface area contributed by atoms with Crippen molar-refractivity contribution in [2.75, 3.05) is 39.8 Å². The number of amides is 1. The normalized spacial score (nSPS) is 21.4. The van der Waals surface area contributed by atoms with E-state index in [0.29, 0.717) is 25.6 Å². The lowest BCUT2D eigenvalue weighted by Gasteiger charge is -2.32. The number of nitrogens with one attached hydrogen (secondary N) is 1. The Morgan fingerprint density at radius 3 is 3.06 bits per heavy atom. The largest absolute Gasteiger partial charge is 0.344 e. The lowest BCUT2D eigenvalue weighted by molar-refractivity contribution is -0.131. The SMILES string of the molecule is C[C@@H]1CN(CC(=O)N(C)CCC#N)CCN1. The minimum atomic E-state index is 0.101. The third-order valence-corrected chi connectivity index (χ3v) is 2.80. The summed E-state index contributed by atoms with van der Waals surface area (Å²) in [7, 11) is 1.76. The van der Waals surface area contributed by atoms with Gasteiger partial charge in [0, 0.05) is 39.3 Å². The first-order chi connectivity index (χ1) is 7.63. The first-order valence-electron chi connectivity index (χ1n) is 5.70. The van der Waals surface area contributed by atoms with Crippen LogP contribution in [0.1, 0.15) is 13.3 Å². The number of nitriles is 1. The van der Waals surface area contributed by atoms with Crippen LogP contribution in [0.4, 0.5) is 0 Å². The Labute approximate surface area is 97.0 Å². The zero-order valence-electron chi connectivity index (χ0n) is 10.1. The van der Waals surface area contributed by atoms with Crippen LogP contribution in [0, 0.1) is 11.3 Å². The summed E-state index contributed by atoms with van der Waals surface area (Å²) in [5, 5.41) is 11.8. The fourth-order valence-corrected chi connectivity index (χ4v) is 1.81. The van der Waals surface area contributed by atoms with Gasteiger partial charge in [-0.1, -0.05) is 0 Å². The van der Waals surface area contributed by atoms with Gasteiger partial charge in [-0.15, -0.1) is 0 Å². The summed E-state index contributed by atoms with van der Waals surface area (Å²) in [6.45, 7) is 5.89. The molecule has 1 aliphatic heterocycles. The second kappa shape index (κ2) is 6.46. The van der Waals surface area contributed by atoms with E-state index in [0.717, 1.165) is 19.6 Å². The van der Waals surface area contributed by atoms with E-state index in [1.54, 1.807) is 11.9 Å². The predicted octanol–water partition coefficient (Wildman–Crippen LogP) is -0.348. The number of rotatable bonds is 4. The topological polar surface area (TPSA) is 59.4 Å². The standard InChI is InChI=1S/C11H20N4O/c1-10-8-15(7-5-13-10)9-11(16)14(2)6-3-4-12/h10,13H,3,5-9H2,1-2H3/t10-/m1/s1. The monoisotopic (exact) mass is 224 g/mol. The van der Waals surface area contributed by atoms with Crippen molar-refractivity contribution in [3.63, 3.8) is 0 Å². The van der Waals surface area contributed by atoms with E-state index in [1.807, 2.05) is 6.07 Å². The van der Waals surface area contributed by atoms with Crippen molar-refractivity contribution < 1.29 is 4.79 Å². The highest BCUT2D eigenvalue weighted by atomic mass is 16.2. The number of hydrogen-bond donors (Lipinski definition) is 1. The molecule has 90 valence electrons. The summed E-state index contributed by atoms with van der Waals surface area (Å²) in [5.41, 5.74) is 0. The molecule has 1 N–H and O–H groups in total. The van der Waals surface area contributed by atoms with Crippen LogP contribution in [0.25, 0.3) is 0 Å². The molecule has 0 spiro atoms. The highest BCUT2D eigenvalue weighted by Gasteiger charge is 2.19. The van der Waals surface area contributed by atoms with Gasteiger partial charge in [-0.05, 0) is 6.92 Å². The molecule has 0 aromatic rings. The van der Waals surface area contributed by atoms with Gasteiger partial charge in [0.15, 0.2) is 0 Å². The minimum Gasteiger partial charge on any atom is -0.344 e. The van der Waals surface area contributed by atoms with Gasteiger partial charge in [0.1, 0.15) is 0 Å². The molecule has 0 aliphatic carbocycles. The Bertz CT molecular complexity index is 274. The van der Waals surface area contributed by atoms with Crippen molar-refractivity contribution >= 4 is 5.91 Å². The van der Waals surface area contributed by atoms with E-state index >= 15 is 0 Å². The number of hydrogen-bond acceptors (Lipinski definition) is 4. The molecular weight excluding hydrogens is 204 g/mol. The molecule has 1 aliphatic rings. The summed E-state index contributed by atoms with van der Waals surface area (Å²) in [5.74, 6) is 0.101. The lowest BCUT2D eigenvalue weighted by atomic mass is 10.2. The Morgan fingerprint density at radius 1 is 1.69 bits per heavy atom. The maximum atomic E-state index is 11.8. The van der Waals surface area contributed by atoms with E-state index in [2.05, 4.69) is 17.1 Å². The van der Waals surface area contributed by atoms with E-state index < -0.39 is 0 Å². The quantitative estimate of drug-likeness (QED) is 0.709. The highest BCUT2D eigenvalue weighted by Crippen LogP contribution is 1.99. The second-order valence-corrected chi connectivity index (χ2v) is 4.31. The Hall–Kier alpha value is -1.12. The Morgan fingerprint density at radius 2 is 2.44 bits per heavy atom. The molecule has 1 fully saturated rings. The van der Waals surface area contributed by atoms with Gasteiger partial charge in [-0.25, -0.2) is 0 Å². The van der Waals surface area contributed by atoms with Gasteiger partial charge < -0.3 is 10.2 Å². The number of likely N-dealkylation sites (N-methyl/N-ethyl adjacent to an activating group) is 1. The molecule has 0 saturated carbocycles. The molecule has 1 atom stereocenters. The van der Waals surface area contributed by atoms with Crippen LogP contribution in [0.15, 0.2) is 0 Å². The van der Waals surface area contributed by atoms with Crippen molar-refractivity contribution in [1.82, 2.24) is 15.1 Å². The van der Waals surface area contributed by atoms with Crippen LogP contribution < -0.4 is 5.32 Å². The zero-order chi connectivity index (χ0) is 12.0. The number of carbonyl (C=O) groups is 1. The molecule has 0 aromatic heterocycles. The Balaban J connectivity index is 2.30. The maximum absolute atomic E-state index is 11.8. The smallest absolute Gasteiger partial charge is 0.236 e. The summed E-state index contributed by atoms with van der Waals surface area (Å²) in [6.07, 6.45) is 0.403. The van der Waals surface area contributed by atoms with Gasteiger partial charge >= 0.3 is 0 Å². The van der Waals surface area contributed by atoms with Gasteiger partial charge in [0.2, 0.25) is 5.91 Å². The maximum Gasteiger partial charge on any atom is 0.236 e. The van der Waals surface area contributed by atoms with Gasteiger partial charge in [-0.3, -0.25) is 9.69 Å². The molecule has 5 heteroatoms. The molecule has 1 amide bonds. The van der Waals surface area contributed by atoms with Crippen molar-refractivity contribution in [2.24, 2.45) is 0 Å². The fourth-order valence-electron chi connectivity index (χ4n) is 1.81. The molecule has 0 radical (unpaired) electrons. The third-order valence-electron chi connectivity index (χ3n) is 2.80. The van der Waals surface area contributed by atoms with Crippen LogP contribution in [-0.4, -0.2) is 61.5 Å². The van der Waals surface area contributed by atoms with Gasteiger partial charge in [0.05, 0.1) is 19.0 Å². The second-order valence-electron chi connectivity index (χ2n) is 4.31. The molecule has 1 saturated heterocycles. The van der Waals surface area contributed by atoms with E-state index in [-0.39, 0.29) is 5.91 Å². The third kappa shape index (κ3) is 4.17. The van der Waals surface area contributed by atoms with Crippen molar-refractivity contribution in [1.29, 1.82) is 5.26 Å². The predicted molar refractivity (Wildman–Crippen MR) is 61.8 cm³/mol. The first-order valence-corrected chi connectivity index (χ1v) is 5.70.